The fraction of sp³-hybridized carbons (Fsp3) is 0.452. The van der Waals surface area contributed by atoms with Crippen molar-refractivity contribution in [3.05, 3.63) is 75.2 Å². The third kappa shape index (κ3) is 5.05. The second kappa shape index (κ2) is 10.9. The first-order valence-corrected chi connectivity index (χ1v) is 15.3. The zero-order valence-electron chi connectivity index (χ0n) is 22.7. The van der Waals surface area contributed by atoms with Gasteiger partial charge >= 0.3 is 0 Å². The Labute approximate surface area is 254 Å². The normalized spacial score (nSPS) is 30.5. The average Bonchev–Trinajstić information content (AvgIpc) is 3.51. The summed E-state index contributed by atoms with van der Waals surface area (Å²) in [6.45, 7) is 2.10. The molecule has 6 rings (SSSR count). The van der Waals surface area contributed by atoms with E-state index in [1.807, 2.05) is 24.3 Å². The van der Waals surface area contributed by atoms with Gasteiger partial charge in [0.05, 0.1) is 27.5 Å². The Hall–Kier alpha value is -2.58. The zero-order chi connectivity index (χ0) is 28.9. The predicted octanol–water partition coefficient (Wildman–Crippen LogP) is 5.82. The van der Waals surface area contributed by atoms with Crippen LogP contribution in [0.2, 0.25) is 15.1 Å². The second-order valence-corrected chi connectivity index (χ2v) is 13.0. The quantitative estimate of drug-likeness (QED) is 0.384. The Bertz CT molecular complexity index is 1410. The van der Waals surface area contributed by atoms with Crippen molar-refractivity contribution in [2.75, 3.05) is 11.9 Å². The molecule has 1 aliphatic carbocycles. The Kier molecular flexibility index (Phi) is 7.60. The van der Waals surface area contributed by atoms with E-state index in [4.69, 9.17) is 39.5 Å². The lowest BCUT2D eigenvalue weighted by molar-refractivity contribution is -0.144. The van der Waals surface area contributed by atoms with Crippen molar-refractivity contribution in [3.8, 4) is 0 Å². The number of nitrogens with zero attached hydrogens (tertiary/aromatic N) is 1. The third-order valence-corrected chi connectivity index (χ3v) is 10.0. The number of hydrogen-bond acceptors (Lipinski definition) is 4. The molecule has 41 heavy (non-hydrogen) atoms. The number of carbonyl (C=O) groups is 3. The van der Waals surface area contributed by atoms with Crippen LogP contribution >= 0.6 is 34.8 Å². The molecular weight excluding hydrogens is 585 g/mol. The number of rotatable bonds is 7. The highest BCUT2D eigenvalue weighted by atomic mass is 35.5. The molecule has 216 valence electrons. The number of anilines is 1. The lowest BCUT2D eigenvalue weighted by atomic mass is 9.70. The van der Waals surface area contributed by atoms with Crippen LogP contribution in [0.3, 0.4) is 0 Å². The Morgan fingerprint density at radius 3 is 2.41 bits per heavy atom. The summed E-state index contributed by atoms with van der Waals surface area (Å²) in [6, 6.07) is 11.4. The maximum atomic E-state index is 14.3. The number of fused-ring (bicyclic) bond motifs is 1. The minimum absolute atomic E-state index is 0.0619. The van der Waals surface area contributed by atoms with Crippen LogP contribution in [-0.2, 0) is 25.5 Å². The molecule has 4 aliphatic rings. The highest BCUT2D eigenvalue weighted by molar-refractivity contribution is 6.42. The monoisotopic (exact) mass is 615 g/mol. The molecule has 10 heteroatoms. The summed E-state index contributed by atoms with van der Waals surface area (Å²) in [4.78, 5) is 43.7. The first kappa shape index (κ1) is 28.5. The number of halogens is 3. The summed E-state index contributed by atoms with van der Waals surface area (Å²) < 4.78 is 6.62. The van der Waals surface area contributed by atoms with Gasteiger partial charge in [-0.25, -0.2) is 0 Å². The van der Waals surface area contributed by atoms with Crippen molar-refractivity contribution < 1.29 is 19.1 Å². The van der Waals surface area contributed by atoms with E-state index in [1.54, 1.807) is 42.2 Å². The van der Waals surface area contributed by atoms with Crippen LogP contribution < -0.4 is 10.6 Å². The molecule has 5 atom stereocenters. The average molecular weight is 617 g/mol. The fourth-order valence-electron chi connectivity index (χ4n) is 7.09. The SMILES string of the molecule is C[C@@]12C=CC3(O1)C(C(=O)NC1CCCCC1)N(CCc1ccc(Cl)cc1)C(=O)[C@@H]3C2C(=O)Nc1ccc(Cl)c(Cl)c1. The van der Waals surface area contributed by atoms with Gasteiger partial charge in [-0.15, -0.1) is 0 Å². The lowest BCUT2D eigenvalue weighted by Crippen LogP contribution is -2.57. The van der Waals surface area contributed by atoms with Gasteiger partial charge in [0, 0.05) is 23.3 Å². The van der Waals surface area contributed by atoms with E-state index in [1.165, 1.54) is 0 Å². The van der Waals surface area contributed by atoms with Crippen molar-refractivity contribution in [2.45, 2.75) is 68.7 Å². The van der Waals surface area contributed by atoms with Gasteiger partial charge in [0.15, 0.2) is 0 Å². The van der Waals surface area contributed by atoms with Gasteiger partial charge in [0.2, 0.25) is 17.7 Å². The summed E-state index contributed by atoms with van der Waals surface area (Å²) in [7, 11) is 0. The lowest BCUT2D eigenvalue weighted by Gasteiger charge is -2.34. The molecule has 0 aromatic heterocycles. The maximum absolute atomic E-state index is 14.3. The molecule has 1 spiro atoms. The molecule has 7 nitrogen and oxygen atoms in total. The van der Waals surface area contributed by atoms with Crippen LogP contribution in [0.1, 0.15) is 44.6 Å². The van der Waals surface area contributed by atoms with Crippen molar-refractivity contribution in [1.82, 2.24) is 10.2 Å². The summed E-state index contributed by atoms with van der Waals surface area (Å²) in [6.07, 6.45) is 9.31. The van der Waals surface area contributed by atoms with E-state index < -0.39 is 29.1 Å². The first-order chi connectivity index (χ1) is 19.6. The van der Waals surface area contributed by atoms with E-state index >= 15 is 0 Å². The topological polar surface area (TPSA) is 87.7 Å². The van der Waals surface area contributed by atoms with Gasteiger partial charge in [0.1, 0.15) is 11.6 Å². The molecule has 2 saturated heterocycles. The molecule has 2 aromatic carbocycles. The molecule has 3 amide bonds. The molecule has 0 radical (unpaired) electrons. The van der Waals surface area contributed by atoms with Gasteiger partial charge in [-0.1, -0.05) is 78.4 Å². The van der Waals surface area contributed by atoms with E-state index in [9.17, 15) is 14.4 Å². The minimum atomic E-state index is -1.25. The van der Waals surface area contributed by atoms with E-state index in [0.717, 1.165) is 37.7 Å². The van der Waals surface area contributed by atoms with Crippen molar-refractivity contribution >= 4 is 58.2 Å². The first-order valence-electron chi connectivity index (χ1n) is 14.1. The van der Waals surface area contributed by atoms with Crippen LogP contribution in [0.25, 0.3) is 0 Å². The molecule has 3 heterocycles. The fourth-order valence-corrected chi connectivity index (χ4v) is 7.52. The van der Waals surface area contributed by atoms with Gasteiger partial charge < -0.3 is 20.3 Å². The standard InChI is InChI=1S/C31H32Cl3N3O4/c1-30-14-15-31(41-30)25(24(30)27(38)36-21-11-12-22(33)23(34)17-21)29(40)37(16-13-18-7-9-19(32)10-8-18)26(31)28(39)35-20-5-3-2-4-6-20/h7-12,14-15,17,20,24-26H,2-6,13,16H2,1H3,(H,35,39)(H,36,38)/t24?,25-,26?,30-,31?/m0/s1. The Morgan fingerprint density at radius 2 is 1.71 bits per heavy atom. The van der Waals surface area contributed by atoms with Gasteiger partial charge in [-0.3, -0.25) is 14.4 Å². The number of likely N-dealkylation sites (tertiary alicyclic amines) is 1. The molecule has 3 aliphatic heterocycles. The van der Waals surface area contributed by atoms with Crippen LogP contribution in [0.5, 0.6) is 0 Å². The summed E-state index contributed by atoms with van der Waals surface area (Å²) in [5.41, 5.74) is -0.841. The summed E-state index contributed by atoms with van der Waals surface area (Å²) in [5.74, 6) is -2.57. The number of carbonyl (C=O) groups excluding carboxylic acids is 3. The van der Waals surface area contributed by atoms with Crippen LogP contribution in [-0.4, -0.2) is 52.5 Å². The molecule has 3 unspecified atom stereocenters. The second-order valence-electron chi connectivity index (χ2n) is 11.7. The van der Waals surface area contributed by atoms with E-state index in [2.05, 4.69) is 10.6 Å². The molecule has 2 aromatic rings. The van der Waals surface area contributed by atoms with Crippen molar-refractivity contribution in [1.29, 1.82) is 0 Å². The smallest absolute Gasteiger partial charge is 0.246 e. The molecule has 2 N–H and O–H groups in total. The van der Waals surface area contributed by atoms with E-state index in [0.29, 0.717) is 33.7 Å². The Morgan fingerprint density at radius 1 is 0.976 bits per heavy atom. The molecule has 2 bridgehead atoms. The van der Waals surface area contributed by atoms with Crippen LogP contribution in [0.15, 0.2) is 54.6 Å². The number of nitrogens with one attached hydrogen (secondary N) is 2. The maximum Gasteiger partial charge on any atom is 0.246 e. The molecular formula is C31H32Cl3N3O4. The molecule has 3 fully saturated rings. The third-order valence-electron chi connectivity index (χ3n) is 9.02. The number of ether oxygens (including phenoxy) is 1. The van der Waals surface area contributed by atoms with Gasteiger partial charge in [-0.05, 0) is 62.1 Å². The zero-order valence-corrected chi connectivity index (χ0v) is 24.9. The van der Waals surface area contributed by atoms with Crippen LogP contribution in [0.4, 0.5) is 5.69 Å². The predicted molar refractivity (Wildman–Crippen MR) is 159 cm³/mol. The van der Waals surface area contributed by atoms with Gasteiger partial charge in [0.25, 0.3) is 0 Å². The largest absolute Gasteiger partial charge is 0.356 e. The summed E-state index contributed by atoms with van der Waals surface area (Å²) >= 11 is 18.3. The Balaban J connectivity index is 1.32. The highest BCUT2D eigenvalue weighted by Gasteiger charge is 2.76. The summed E-state index contributed by atoms with van der Waals surface area (Å²) in [5, 5.41) is 7.43. The highest BCUT2D eigenvalue weighted by Crippen LogP contribution is 2.59. The van der Waals surface area contributed by atoms with Crippen molar-refractivity contribution in [3.63, 3.8) is 0 Å². The van der Waals surface area contributed by atoms with E-state index in [-0.39, 0.29) is 23.8 Å². The molecule has 1 saturated carbocycles. The number of hydrogen-bond donors (Lipinski definition) is 2. The number of amides is 3. The van der Waals surface area contributed by atoms with Crippen molar-refractivity contribution in [2.24, 2.45) is 11.8 Å². The van der Waals surface area contributed by atoms with Gasteiger partial charge in [-0.2, -0.15) is 0 Å². The van der Waals surface area contributed by atoms with Crippen LogP contribution in [0, 0.1) is 11.8 Å². The minimum Gasteiger partial charge on any atom is -0.356 e. The number of benzene rings is 2.